The first-order valence-electron chi connectivity index (χ1n) is 12.4. The Balaban J connectivity index is 1.86. The highest BCUT2D eigenvalue weighted by molar-refractivity contribution is 6.32. The summed E-state index contributed by atoms with van der Waals surface area (Å²) in [5.41, 5.74) is 1.85. The highest BCUT2D eigenvalue weighted by Crippen LogP contribution is 2.33. The Hall–Kier alpha value is -4.45. The van der Waals surface area contributed by atoms with Gasteiger partial charge in [-0.15, -0.1) is 5.10 Å². The van der Waals surface area contributed by atoms with E-state index in [1.54, 1.807) is 32.3 Å². The third-order valence-corrected chi connectivity index (χ3v) is 6.43. The molecule has 1 N–H and O–H groups in total. The molecule has 40 heavy (non-hydrogen) atoms. The first kappa shape index (κ1) is 28.6. The van der Waals surface area contributed by atoms with Gasteiger partial charge < -0.3 is 14.8 Å². The average Bonchev–Trinajstić information content (AvgIpc) is 3.52. The van der Waals surface area contributed by atoms with E-state index in [2.05, 4.69) is 20.5 Å². The Morgan fingerprint density at radius 2 is 1.95 bits per heavy atom. The van der Waals surface area contributed by atoms with Gasteiger partial charge in [0.2, 0.25) is 5.88 Å². The van der Waals surface area contributed by atoms with Gasteiger partial charge in [-0.3, -0.25) is 14.5 Å². The third-order valence-electron chi connectivity index (χ3n) is 6.13. The number of carbonyl (C=O) groups excluding carboxylic acids is 3. The van der Waals surface area contributed by atoms with Gasteiger partial charge in [0.15, 0.2) is 11.6 Å². The summed E-state index contributed by atoms with van der Waals surface area (Å²) in [5.74, 6) is -0.266. The molecule has 4 aromatic rings. The fourth-order valence-electron chi connectivity index (χ4n) is 4.32. The second kappa shape index (κ2) is 11.7. The number of carbonyl (C=O) groups is 3. The van der Waals surface area contributed by atoms with Gasteiger partial charge in [0.05, 0.1) is 42.2 Å². The van der Waals surface area contributed by atoms with Crippen LogP contribution in [-0.4, -0.2) is 68.5 Å². The minimum atomic E-state index is -0.560. The summed E-state index contributed by atoms with van der Waals surface area (Å²) in [6.07, 6.45) is 2.82. The maximum atomic E-state index is 13.8. The average molecular weight is 568 g/mol. The van der Waals surface area contributed by atoms with E-state index in [1.807, 2.05) is 19.9 Å². The van der Waals surface area contributed by atoms with Gasteiger partial charge in [-0.25, -0.2) is 19.1 Å². The molecule has 3 aromatic heterocycles. The predicted molar refractivity (Wildman–Crippen MR) is 149 cm³/mol. The minimum absolute atomic E-state index is 0.0245. The molecule has 0 aliphatic carbocycles. The van der Waals surface area contributed by atoms with Crippen molar-refractivity contribution in [2.45, 2.75) is 33.9 Å². The molecule has 0 unspecified atom stereocenters. The van der Waals surface area contributed by atoms with E-state index in [9.17, 15) is 14.4 Å². The van der Waals surface area contributed by atoms with Crippen LogP contribution in [0.3, 0.4) is 0 Å². The van der Waals surface area contributed by atoms with Gasteiger partial charge in [-0.05, 0) is 36.6 Å². The molecular formula is C27H30ClN7O5. The number of aromatic nitrogens is 5. The molecule has 1 aromatic carbocycles. The molecule has 13 heteroatoms. The highest BCUT2D eigenvalue weighted by atomic mass is 35.5. The number of nitrogens with one attached hydrogen (secondary N) is 1. The van der Waals surface area contributed by atoms with Gasteiger partial charge >= 0.3 is 6.09 Å². The van der Waals surface area contributed by atoms with Crippen molar-refractivity contribution in [1.29, 1.82) is 0 Å². The maximum absolute atomic E-state index is 13.8. The van der Waals surface area contributed by atoms with E-state index in [1.165, 1.54) is 40.7 Å². The van der Waals surface area contributed by atoms with Gasteiger partial charge in [-0.1, -0.05) is 25.4 Å². The van der Waals surface area contributed by atoms with Crippen molar-refractivity contribution in [3.8, 4) is 11.7 Å². The van der Waals surface area contributed by atoms with Crippen LogP contribution in [0, 0.1) is 12.8 Å². The lowest BCUT2D eigenvalue weighted by Crippen LogP contribution is -2.29. The lowest BCUT2D eigenvalue weighted by molar-refractivity contribution is 0.0969. The van der Waals surface area contributed by atoms with Crippen molar-refractivity contribution in [2.75, 3.05) is 26.6 Å². The number of Topliss-reactive ketones (excluding diaryl/α,β-unsaturated/α-hetero) is 1. The molecule has 12 nitrogen and oxygen atoms in total. The van der Waals surface area contributed by atoms with Crippen LogP contribution in [0.25, 0.3) is 16.7 Å². The Morgan fingerprint density at radius 1 is 1.20 bits per heavy atom. The quantitative estimate of drug-likeness (QED) is 0.287. The number of methoxy groups -OCH3 is 2. The topological polar surface area (TPSA) is 133 Å². The van der Waals surface area contributed by atoms with Crippen molar-refractivity contribution < 1.29 is 23.9 Å². The van der Waals surface area contributed by atoms with Crippen LogP contribution < -0.4 is 10.1 Å². The standard InChI is InChI=1S/C27H30ClN7O5/c1-15(2)10-20(36)22-23(16(3)11-17-13-30-34(24(17)22)14-33(4)27(38)40-6)31-26(37)19-12-21(39-5)32-35(19)25-18(28)8-7-9-29-25/h7-9,11-13,15H,10,14H2,1-6H3,(H,31,37). The number of aryl methyl sites for hydroxylation is 1. The van der Waals surface area contributed by atoms with Crippen LogP contribution in [0.2, 0.25) is 5.02 Å². The molecule has 210 valence electrons. The lowest BCUT2D eigenvalue weighted by atomic mass is 9.95. The van der Waals surface area contributed by atoms with Crippen LogP contribution in [0.15, 0.2) is 36.7 Å². The van der Waals surface area contributed by atoms with Gasteiger partial charge in [-0.2, -0.15) is 5.10 Å². The molecule has 0 aliphatic heterocycles. The Morgan fingerprint density at radius 3 is 2.60 bits per heavy atom. The molecule has 0 fully saturated rings. The van der Waals surface area contributed by atoms with E-state index in [0.29, 0.717) is 27.7 Å². The minimum Gasteiger partial charge on any atom is -0.480 e. The second-order valence-electron chi connectivity index (χ2n) is 9.60. The Bertz CT molecular complexity index is 1590. The number of fused-ring (bicyclic) bond motifs is 1. The first-order chi connectivity index (χ1) is 19.0. The molecule has 0 radical (unpaired) electrons. The highest BCUT2D eigenvalue weighted by Gasteiger charge is 2.26. The largest absolute Gasteiger partial charge is 0.480 e. The van der Waals surface area contributed by atoms with Crippen molar-refractivity contribution >= 4 is 46.0 Å². The molecule has 0 spiro atoms. The summed E-state index contributed by atoms with van der Waals surface area (Å²) < 4.78 is 12.9. The van der Waals surface area contributed by atoms with E-state index in [-0.39, 0.29) is 47.2 Å². The van der Waals surface area contributed by atoms with Crippen LogP contribution in [0.5, 0.6) is 5.88 Å². The number of hydrogen-bond acceptors (Lipinski definition) is 8. The van der Waals surface area contributed by atoms with Gasteiger partial charge in [0, 0.05) is 31.1 Å². The zero-order valence-corrected chi connectivity index (χ0v) is 23.8. The number of ketones is 1. The number of ether oxygens (including phenoxy) is 2. The molecular weight excluding hydrogens is 538 g/mol. The molecule has 0 atom stereocenters. The number of rotatable bonds is 9. The van der Waals surface area contributed by atoms with Crippen molar-refractivity contribution in [3.05, 3.63) is 58.5 Å². The summed E-state index contributed by atoms with van der Waals surface area (Å²) in [6.45, 7) is 5.70. The van der Waals surface area contributed by atoms with Crippen LogP contribution >= 0.6 is 11.6 Å². The fourth-order valence-corrected chi connectivity index (χ4v) is 4.52. The lowest BCUT2D eigenvalue weighted by Gasteiger charge is -2.19. The molecule has 2 amide bonds. The number of pyridine rings is 1. The molecule has 0 saturated carbocycles. The fraction of sp³-hybridized carbons (Fsp3) is 0.333. The zero-order valence-electron chi connectivity index (χ0n) is 23.1. The first-order valence-corrected chi connectivity index (χ1v) is 12.8. The number of anilines is 1. The van der Waals surface area contributed by atoms with E-state index >= 15 is 0 Å². The van der Waals surface area contributed by atoms with E-state index in [0.717, 1.165) is 0 Å². The van der Waals surface area contributed by atoms with Crippen LogP contribution in [0.4, 0.5) is 10.5 Å². The van der Waals surface area contributed by atoms with Gasteiger partial charge in [0.25, 0.3) is 5.91 Å². The number of halogens is 1. The molecule has 0 aliphatic rings. The Labute approximate surface area is 235 Å². The predicted octanol–water partition coefficient (Wildman–Crippen LogP) is 4.72. The zero-order chi connectivity index (χ0) is 29.1. The molecule has 4 rings (SSSR count). The second-order valence-corrected chi connectivity index (χ2v) is 10.0. The van der Waals surface area contributed by atoms with Crippen molar-refractivity contribution in [3.63, 3.8) is 0 Å². The number of nitrogens with zero attached hydrogens (tertiary/aromatic N) is 6. The van der Waals surface area contributed by atoms with Gasteiger partial charge in [0.1, 0.15) is 12.4 Å². The van der Waals surface area contributed by atoms with Crippen LogP contribution in [0.1, 0.15) is 46.7 Å². The third kappa shape index (κ3) is 5.62. The summed E-state index contributed by atoms with van der Waals surface area (Å²) >= 11 is 6.35. The smallest absolute Gasteiger partial charge is 0.410 e. The van der Waals surface area contributed by atoms with E-state index < -0.39 is 12.0 Å². The summed E-state index contributed by atoms with van der Waals surface area (Å²) in [5, 5.41) is 12.6. The molecule has 0 saturated heterocycles. The summed E-state index contributed by atoms with van der Waals surface area (Å²) in [4.78, 5) is 45.1. The maximum Gasteiger partial charge on any atom is 0.410 e. The summed E-state index contributed by atoms with van der Waals surface area (Å²) in [7, 11) is 4.28. The Kier molecular flexibility index (Phi) is 8.38. The number of hydrogen-bond donors (Lipinski definition) is 1. The van der Waals surface area contributed by atoms with Crippen molar-refractivity contribution in [1.82, 2.24) is 29.4 Å². The normalized spacial score (nSPS) is 11.1. The monoisotopic (exact) mass is 567 g/mol. The summed E-state index contributed by atoms with van der Waals surface area (Å²) in [6, 6.07) is 6.58. The number of benzene rings is 1. The molecule has 0 bridgehead atoms. The van der Waals surface area contributed by atoms with E-state index in [4.69, 9.17) is 21.1 Å². The van der Waals surface area contributed by atoms with Crippen molar-refractivity contribution in [2.24, 2.45) is 5.92 Å². The number of amides is 2. The molecule has 3 heterocycles. The van der Waals surface area contributed by atoms with Crippen LogP contribution in [-0.2, 0) is 11.4 Å². The SMILES string of the molecule is COC(=O)N(C)Cn1ncc2cc(C)c(NC(=O)c3cc(OC)nn3-c3ncccc3Cl)c(C(=O)CC(C)C)c21.